The fourth-order valence-electron chi connectivity index (χ4n) is 4.93. The minimum Gasteiger partial charge on any atom is -0.365 e. The molecule has 194 valence electrons. The van der Waals surface area contributed by atoms with Crippen LogP contribution in [-0.2, 0) is 13.0 Å². The zero-order valence-electron chi connectivity index (χ0n) is 21.1. The molecular formula is C28H35F3N4S. The van der Waals surface area contributed by atoms with Gasteiger partial charge in [0.25, 0.3) is 6.43 Å². The van der Waals surface area contributed by atoms with Crippen LogP contribution in [-0.4, -0.2) is 32.3 Å². The summed E-state index contributed by atoms with van der Waals surface area (Å²) in [5.74, 6) is 7.36. The minimum atomic E-state index is -2.85. The number of fused-ring (bicyclic) bond motifs is 1. The van der Waals surface area contributed by atoms with Gasteiger partial charge in [0.1, 0.15) is 18.0 Å². The molecule has 2 aliphatic rings. The average molecular weight is 517 g/mol. The van der Waals surface area contributed by atoms with Crippen LogP contribution in [0.2, 0.25) is 0 Å². The summed E-state index contributed by atoms with van der Waals surface area (Å²) in [6.45, 7) is 4.05. The highest BCUT2D eigenvalue weighted by Gasteiger charge is 2.26. The molecule has 1 aromatic carbocycles. The Morgan fingerprint density at radius 3 is 2.53 bits per heavy atom. The highest BCUT2D eigenvalue weighted by atomic mass is 32.2. The van der Waals surface area contributed by atoms with E-state index >= 15 is 0 Å². The van der Waals surface area contributed by atoms with Gasteiger partial charge < -0.3 is 5.32 Å². The van der Waals surface area contributed by atoms with Crippen molar-refractivity contribution in [2.75, 3.05) is 16.8 Å². The van der Waals surface area contributed by atoms with E-state index in [0.29, 0.717) is 23.3 Å². The second kappa shape index (κ2) is 12.2. The van der Waals surface area contributed by atoms with Gasteiger partial charge in [-0.15, -0.1) is 0 Å². The van der Waals surface area contributed by atoms with Gasteiger partial charge in [-0.25, -0.2) is 28.1 Å². The van der Waals surface area contributed by atoms with Gasteiger partial charge in [-0.1, -0.05) is 57.2 Å². The maximum atomic E-state index is 14.5. The fraction of sp³-hybridized carbons (Fsp3) is 0.500. The molecule has 2 aromatic heterocycles. The van der Waals surface area contributed by atoms with Crippen molar-refractivity contribution in [2.24, 2.45) is 5.92 Å². The monoisotopic (exact) mass is 516 g/mol. The Bertz CT molecular complexity index is 1200. The van der Waals surface area contributed by atoms with Crippen molar-refractivity contribution in [3.63, 3.8) is 0 Å². The molecule has 3 heterocycles. The number of hydrogen-bond acceptors (Lipinski definition) is 4. The zero-order chi connectivity index (χ0) is 25.7. The van der Waals surface area contributed by atoms with Crippen molar-refractivity contribution >= 4 is 33.2 Å². The van der Waals surface area contributed by atoms with E-state index in [-0.39, 0.29) is 22.6 Å². The fourth-order valence-corrected chi connectivity index (χ4v) is 6.37. The number of benzene rings is 1. The molecule has 0 bridgehead atoms. The Kier molecular flexibility index (Phi) is 8.99. The highest BCUT2D eigenvalue weighted by molar-refractivity contribution is 8.14. The quantitative estimate of drug-likeness (QED) is 0.328. The third-order valence-electron chi connectivity index (χ3n) is 7.18. The summed E-state index contributed by atoms with van der Waals surface area (Å²) in [5, 5.41) is 3.94. The van der Waals surface area contributed by atoms with Gasteiger partial charge in [0.2, 0.25) is 0 Å². The lowest BCUT2D eigenvalue weighted by Crippen LogP contribution is -2.19. The number of aromatic nitrogens is 3. The number of nitrogens with zero attached hydrogens (tertiary/aromatic N) is 3. The molecule has 1 saturated carbocycles. The molecule has 8 heteroatoms. The summed E-state index contributed by atoms with van der Waals surface area (Å²) in [7, 11) is 0.248. The summed E-state index contributed by atoms with van der Waals surface area (Å²) in [6, 6.07) is 6.24. The van der Waals surface area contributed by atoms with Gasteiger partial charge in [0, 0.05) is 17.8 Å². The molecule has 0 radical (unpaired) electrons. The third kappa shape index (κ3) is 5.90. The van der Waals surface area contributed by atoms with E-state index in [4.69, 9.17) is 4.98 Å². The molecule has 1 saturated heterocycles. The Morgan fingerprint density at radius 1 is 1.11 bits per heavy atom. The zero-order valence-corrected chi connectivity index (χ0v) is 21.9. The summed E-state index contributed by atoms with van der Waals surface area (Å²) in [4.78, 5) is 13.8. The van der Waals surface area contributed by atoms with Gasteiger partial charge in [-0.2, -0.15) is 10.5 Å². The van der Waals surface area contributed by atoms with E-state index in [0.717, 1.165) is 47.9 Å². The van der Waals surface area contributed by atoms with E-state index in [1.807, 2.05) is 13.8 Å². The largest absolute Gasteiger partial charge is 0.365 e. The number of nitrogens with one attached hydrogen (secondary N) is 1. The molecule has 2 fully saturated rings. The van der Waals surface area contributed by atoms with Crippen molar-refractivity contribution in [1.82, 2.24) is 15.0 Å². The first-order chi connectivity index (χ1) is 17.5. The smallest absolute Gasteiger partial charge is 0.266 e. The maximum Gasteiger partial charge on any atom is 0.266 e. The first-order valence-corrected chi connectivity index (χ1v) is 14.6. The molecule has 36 heavy (non-hydrogen) atoms. The van der Waals surface area contributed by atoms with E-state index in [1.54, 1.807) is 0 Å². The lowest BCUT2D eigenvalue weighted by molar-refractivity contribution is 0.146. The van der Waals surface area contributed by atoms with Gasteiger partial charge in [0.05, 0.1) is 10.9 Å². The van der Waals surface area contributed by atoms with E-state index in [1.165, 1.54) is 43.3 Å². The SMILES string of the molecule is C=S1CCC(c2cc3c(NCc4cccc(C(F)F)c4F)ncnc3nc2CC2CCC2)CC1.CC. The van der Waals surface area contributed by atoms with E-state index in [9.17, 15) is 13.2 Å². The standard InChI is InChI=1S/C26H29F3N4S.C2H6/c1-34-10-8-17(9-11-34)20-13-21-25(30-14-18-6-3-7-19(23(18)27)24(28)29)31-15-32-26(21)33-22(20)12-16-4-2-5-16;1-2/h3,6-7,13,15-17,24H,1-2,4-5,8-12,14H2,(H,30,31,32,33);1-2H3. The maximum absolute atomic E-state index is 14.5. The summed E-state index contributed by atoms with van der Waals surface area (Å²) in [6.07, 6.45) is 5.61. The molecule has 0 spiro atoms. The topological polar surface area (TPSA) is 50.7 Å². The van der Waals surface area contributed by atoms with Crippen LogP contribution in [0.25, 0.3) is 11.0 Å². The van der Waals surface area contributed by atoms with Crippen molar-refractivity contribution in [1.29, 1.82) is 0 Å². The molecular weight excluding hydrogens is 481 g/mol. The van der Waals surface area contributed by atoms with Crippen LogP contribution < -0.4 is 5.32 Å². The summed E-state index contributed by atoms with van der Waals surface area (Å²) >= 11 is 0. The van der Waals surface area contributed by atoms with Gasteiger partial charge in [-0.05, 0) is 54.2 Å². The Hall–Kier alpha value is -2.48. The normalized spacial score (nSPS) is 20.1. The molecule has 1 N–H and O–H groups in total. The van der Waals surface area contributed by atoms with Crippen LogP contribution in [0.5, 0.6) is 0 Å². The highest BCUT2D eigenvalue weighted by Crippen LogP contribution is 2.39. The lowest BCUT2D eigenvalue weighted by atomic mass is 9.79. The Labute approximate surface area is 214 Å². The lowest BCUT2D eigenvalue weighted by Gasteiger charge is -2.29. The van der Waals surface area contributed by atoms with Crippen molar-refractivity contribution in [3.05, 3.63) is 58.8 Å². The van der Waals surface area contributed by atoms with Gasteiger partial charge in [-0.3, -0.25) is 0 Å². The summed E-state index contributed by atoms with van der Waals surface area (Å²) in [5.41, 5.74) is 2.63. The van der Waals surface area contributed by atoms with Crippen LogP contribution in [0.3, 0.4) is 0 Å². The van der Waals surface area contributed by atoms with Crippen LogP contribution in [0, 0.1) is 11.7 Å². The molecule has 0 atom stereocenters. The molecule has 1 aliphatic heterocycles. The van der Waals surface area contributed by atoms with Gasteiger partial charge >= 0.3 is 0 Å². The first-order valence-electron chi connectivity index (χ1n) is 12.9. The molecule has 4 nitrogen and oxygen atoms in total. The Morgan fingerprint density at radius 2 is 1.86 bits per heavy atom. The van der Waals surface area contributed by atoms with Crippen LogP contribution >= 0.6 is 10.5 Å². The Balaban J connectivity index is 0.00000148. The number of alkyl halides is 2. The number of halogens is 3. The number of anilines is 1. The minimum absolute atomic E-state index is 0.0470. The van der Waals surface area contributed by atoms with E-state index in [2.05, 4.69) is 27.2 Å². The summed E-state index contributed by atoms with van der Waals surface area (Å²) < 4.78 is 40.7. The van der Waals surface area contributed by atoms with Gasteiger partial charge in [0.15, 0.2) is 5.65 Å². The van der Waals surface area contributed by atoms with Crippen LogP contribution in [0.1, 0.15) is 80.7 Å². The predicted octanol–water partition coefficient (Wildman–Crippen LogP) is 7.66. The molecule has 3 aromatic rings. The van der Waals surface area contributed by atoms with E-state index < -0.39 is 17.8 Å². The molecule has 5 rings (SSSR count). The molecule has 0 unspecified atom stereocenters. The number of pyridine rings is 1. The van der Waals surface area contributed by atoms with Crippen molar-refractivity contribution in [3.8, 4) is 0 Å². The third-order valence-corrected chi connectivity index (χ3v) is 8.81. The van der Waals surface area contributed by atoms with Crippen molar-refractivity contribution in [2.45, 2.75) is 71.3 Å². The van der Waals surface area contributed by atoms with Crippen molar-refractivity contribution < 1.29 is 13.2 Å². The van der Waals surface area contributed by atoms with Crippen LogP contribution in [0.15, 0.2) is 30.6 Å². The first kappa shape index (κ1) is 26.6. The average Bonchev–Trinajstić information content (AvgIpc) is 2.86. The predicted molar refractivity (Wildman–Crippen MR) is 145 cm³/mol. The molecule has 0 amide bonds. The number of hydrogen-bond donors (Lipinski definition) is 1. The van der Waals surface area contributed by atoms with Crippen LogP contribution in [0.4, 0.5) is 19.0 Å². The molecule has 1 aliphatic carbocycles. The number of rotatable bonds is 7. The second-order valence-electron chi connectivity index (χ2n) is 9.39. The second-order valence-corrected chi connectivity index (χ2v) is 11.4.